The molecule has 0 aliphatic heterocycles. The summed E-state index contributed by atoms with van der Waals surface area (Å²) in [5.74, 6) is 1.49. The lowest BCUT2D eigenvalue weighted by Crippen LogP contribution is -2.26. The maximum Gasteiger partial charge on any atom is 0.199 e. The van der Waals surface area contributed by atoms with Gasteiger partial charge in [0.05, 0.1) is 12.9 Å². The van der Waals surface area contributed by atoms with Crippen molar-refractivity contribution in [3.8, 4) is 11.6 Å². The molecule has 0 fully saturated rings. The predicted octanol–water partition coefficient (Wildman–Crippen LogP) is 3.79. The third kappa shape index (κ3) is 2.52. The Hall–Kier alpha value is -2.18. The van der Waals surface area contributed by atoms with Crippen molar-refractivity contribution in [3.05, 3.63) is 58.6 Å². The molecule has 1 aliphatic rings. The summed E-state index contributed by atoms with van der Waals surface area (Å²) in [5, 5.41) is 4.66. The third-order valence-electron chi connectivity index (χ3n) is 4.77. The number of benzene rings is 1. The number of hydrogen-bond donors (Lipinski definition) is 0. The van der Waals surface area contributed by atoms with Crippen molar-refractivity contribution in [2.75, 3.05) is 7.05 Å². The normalized spacial score (nSPS) is 16.7. The highest BCUT2D eigenvalue weighted by Gasteiger charge is 2.26. The fourth-order valence-electron chi connectivity index (χ4n) is 3.50. The standard InChI is InChI=1S/C18H20N4OS/c1-20(15-10-9-13-6-3-4-7-14(13)15)12-22-18(24)21(2)17(19-22)16-8-5-11-23-16/h3-8,11,15H,9-10,12H2,1-2H3. The van der Waals surface area contributed by atoms with Crippen molar-refractivity contribution in [2.45, 2.75) is 25.6 Å². The van der Waals surface area contributed by atoms with E-state index in [1.54, 1.807) is 6.26 Å². The zero-order valence-corrected chi connectivity index (χ0v) is 14.7. The van der Waals surface area contributed by atoms with Gasteiger partial charge in [0, 0.05) is 13.1 Å². The SMILES string of the molecule is CN(Cn1nc(-c2ccco2)n(C)c1=S)C1CCc2ccccc21. The van der Waals surface area contributed by atoms with E-state index in [1.165, 1.54) is 11.1 Å². The lowest BCUT2D eigenvalue weighted by molar-refractivity contribution is 0.182. The molecule has 1 aliphatic carbocycles. The summed E-state index contributed by atoms with van der Waals surface area (Å²) in [6, 6.07) is 12.9. The maximum absolute atomic E-state index is 5.55. The molecule has 1 unspecified atom stereocenters. The van der Waals surface area contributed by atoms with Crippen LogP contribution in [0.3, 0.4) is 0 Å². The van der Waals surface area contributed by atoms with Crippen LogP contribution in [0.2, 0.25) is 0 Å². The van der Waals surface area contributed by atoms with Gasteiger partial charge in [-0.15, -0.1) is 5.10 Å². The van der Waals surface area contributed by atoms with Crippen molar-refractivity contribution in [3.63, 3.8) is 0 Å². The molecule has 0 saturated heterocycles. The molecule has 6 heteroatoms. The van der Waals surface area contributed by atoms with Crippen molar-refractivity contribution in [1.82, 2.24) is 19.2 Å². The summed E-state index contributed by atoms with van der Waals surface area (Å²) >= 11 is 5.55. The van der Waals surface area contributed by atoms with E-state index in [2.05, 4.69) is 41.3 Å². The number of aryl methyl sites for hydroxylation is 1. The summed E-state index contributed by atoms with van der Waals surface area (Å²) in [5.41, 5.74) is 2.88. The first-order chi connectivity index (χ1) is 11.6. The van der Waals surface area contributed by atoms with E-state index in [0.717, 1.165) is 24.4 Å². The van der Waals surface area contributed by atoms with Gasteiger partial charge in [-0.25, -0.2) is 4.68 Å². The fourth-order valence-corrected chi connectivity index (χ4v) is 3.69. The van der Waals surface area contributed by atoms with Gasteiger partial charge >= 0.3 is 0 Å². The van der Waals surface area contributed by atoms with E-state index in [0.29, 0.717) is 17.5 Å². The molecule has 0 radical (unpaired) electrons. The molecule has 2 aromatic heterocycles. The number of rotatable bonds is 4. The van der Waals surface area contributed by atoms with Gasteiger partial charge in [0.15, 0.2) is 16.4 Å². The van der Waals surface area contributed by atoms with Crippen LogP contribution >= 0.6 is 12.2 Å². The molecule has 0 N–H and O–H groups in total. The van der Waals surface area contributed by atoms with Crippen LogP contribution < -0.4 is 0 Å². The Morgan fingerprint density at radius 2 is 2.12 bits per heavy atom. The van der Waals surface area contributed by atoms with E-state index in [-0.39, 0.29) is 0 Å². The zero-order chi connectivity index (χ0) is 16.7. The highest BCUT2D eigenvalue weighted by Crippen LogP contribution is 2.35. The summed E-state index contributed by atoms with van der Waals surface area (Å²) < 4.78 is 9.92. The largest absolute Gasteiger partial charge is 0.461 e. The van der Waals surface area contributed by atoms with Crippen LogP contribution in [-0.4, -0.2) is 26.3 Å². The quantitative estimate of drug-likeness (QED) is 0.678. The molecule has 24 heavy (non-hydrogen) atoms. The summed E-state index contributed by atoms with van der Waals surface area (Å²) in [4.78, 5) is 2.32. The topological polar surface area (TPSA) is 39.1 Å². The predicted molar refractivity (Wildman–Crippen MR) is 95.0 cm³/mol. The maximum atomic E-state index is 5.55. The molecule has 0 spiro atoms. The monoisotopic (exact) mass is 340 g/mol. The minimum atomic E-state index is 0.414. The average molecular weight is 340 g/mol. The Kier molecular flexibility index (Phi) is 3.86. The van der Waals surface area contributed by atoms with Crippen molar-refractivity contribution < 1.29 is 4.42 Å². The second-order valence-corrected chi connectivity index (χ2v) is 6.66. The van der Waals surface area contributed by atoms with Gasteiger partial charge in [0.25, 0.3) is 0 Å². The molecular weight excluding hydrogens is 320 g/mol. The summed E-state index contributed by atoms with van der Waals surface area (Å²) in [6.45, 7) is 0.659. The lowest BCUT2D eigenvalue weighted by atomic mass is 10.1. The fraction of sp³-hybridized carbons (Fsp3) is 0.333. The zero-order valence-electron chi connectivity index (χ0n) is 13.8. The van der Waals surface area contributed by atoms with Crippen molar-refractivity contribution >= 4 is 12.2 Å². The van der Waals surface area contributed by atoms with Crippen LogP contribution in [0.4, 0.5) is 0 Å². The second-order valence-electron chi connectivity index (χ2n) is 6.29. The molecule has 4 rings (SSSR count). The first-order valence-electron chi connectivity index (χ1n) is 8.11. The first kappa shape index (κ1) is 15.4. The van der Waals surface area contributed by atoms with Gasteiger partial charge in [0.1, 0.15) is 0 Å². The Balaban J connectivity index is 1.60. The Morgan fingerprint density at radius 3 is 2.92 bits per heavy atom. The van der Waals surface area contributed by atoms with E-state index in [1.807, 2.05) is 28.4 Å². The van der Waals surface area contributed by atoms with Gasteiger partial charge in [-0.1, -0.05) is 24.3 Å². The first-order valence-corrected chi connectivity index (χ1v) is 8.51. The molecular formula is C18H20N4OS. The number of aromatic nitrogens is 3. The molecule has 1 atom stereocenters. The highest BCUT2D eigenvalue weighted by atomic mass is 32.1. The van der Waals surface area contributed by atoms with E-state index in [9.17, 15) is 0 Å². The van der Waals surface area contributed by atoms with E-state index < -0.39 is 0 Å². The molecule has 0 saturated carbocycles. The molecule has 5 nitrogen and oxygen atoms in total. The van der Waals surface area contributed by atoms with Crippen LogP contribution in [0.25, 0.3) is 11.6 Å². The minimum absolute atomic E-state index is 0.414. The van der Waals surface area contributed by atoms with Crippen LogP contribution in [-0.2, 0) is 20.1 Å². The molecule has 0 bridgehead atoms. The molecule has 124 valence electrons. The van der Waals surface area contributed by atoms with Crippen LogP contribution in [0.1, 0.15) is 23.6 Å². The van der Waals surface area contributed by atoms with Crippen molar-refractivity contribution in [1.29, 1.82) is 0 Å². The highest BCUT2D eigenvalue weighted by molar-refractivity contribution is 7.71. The Bertz CT molecular complexity index is 909. The van der Waals surface area contributed by atoms with E-state index >= 15 is 0 Å². The van der Waals surface area contributed by atoms with Gasteiger partial charge in [-0.2, -0.15) is 0 Å². The molecule has 2 heterocycles. The van der Waals surface area contributed by atoms with Gasteiger partial charge < -0.3 is 8.98 Å². The Labute approximate surface area is 146 Å². The van der Waals surface area contributed by atoms with Crippen LogP contribution in [0.15, 0.2) is 47.1 Å². The van der Waals surface area contributed by atoms with Gasteiger partial charge in [0.2, 0.25) is 0 Å². The number of hydrogen-bond acceptors (Lipinski definition) is 4. The molecule has 3 aromatic rings. The van der Waals surface area contributed by atoms with Crippen LogP contribution in [0, 0.1) is 4.77 Å². The average Bonchev–Trinajstić information content (AvgIpc) is 3.30. The smallest absolute Gasteiger partial charge is 0.199 e. The van der Waals surface area contributed by atoms with Crippen LogP contribution in [0.5, 0.6) is 0 Å². The number of furan rings is 1. The van der Waals surface area contributed by atoms with Crippen molar-refractivity contribution in [2.24, 2.45) is 7.05 Å². The summed E-state index contributed by atoms with van der Waals surface area (Å²) in [7, 11) is 4.06. The van der Waals surface area contributed by atoms with Gasteiger partial charge in [-0.05, 0) is 55.4 Å². The van der Waals surface area contributed by atoms with E-state index in [4.69, 9.17) is 16.6 Å². The second kappa shape index (κ2) is 6.03. The lowest BCUT2D eigenvalue weighted by Gasteiger charge is -2.24. The number of nitrogens with zero attached hydrogens (tertiary/aromatic N) is 4. The van der Waals surface area contributed by atoms with Gasteiger partial charge in [-0.3, -0.25) is 4.90 Å². The Morgan fingerprint density at radius 1 is 1.29 bits per heavy atom. The molecule has 0 amide bonds. The minimum Gasteiger partial charge on any atom is -0.461 e. The third-order valence-corrected chi connectivity index (χ3v) is 5.26. The summed E-state index contributed by atoms with van der Waals surface area (Å²) in [6.07, 6.45) is 3.93. The number of fused-ring (bicyclic) bond motifs is 1. The molecule has 1 aromatic carbocycles.